The summed E-state index contributed by atoms with van der Waals surface area (Å²) in [5, 5.41) is 4.57. The molecule has 0 aliphatic carbocycles. The highest BCUT2D eigenvalue weighted by molar-refractivity contribution is 5.96. The highest BCUT2D eigenvalue weighted by Gasteiger charge is 2.25. The fourth-order valence-corrected chi connectivity index (χ4v) is 3.00. The van der Waals surface area contributed by atoms with E-state index in [-0.39, 0.29) is 5.91 Å². The zero-order valence-corrected chi connectivity index (χ0v) is 12.7. The second kappa shape index (κ2) is 5.72. The van der Waals surface area contributed by atoms with E-state index in [1.165, 1.54) is 5.56 Å². The van der Waals surface area contributed by atoms with Gasteiger partial charge in [-0.1, -0.05) is 30.3 Å². The largest absolute Gasteiger partial charge is 0.339 e. The predicted molar refractivity (Wildman–Crippen MR) is 82.4 cm³/mol. The van der Waals surface area contributed by atoms with E-state index in [2.05, 4.69) is 17.2 Å². The highest BCUT2D eigenvalue weighted by atomic mass is 16.2. The van der Waals surface area contributed by atoms with Gasteiger partial charge in [0.25, 0.3) is 5.91 Å². The molecule has 4 heteroatoms. The first-order valence-corrected chi connectivity index (χ1v) is 7.54. The lowest BCUT2D eigenvalue weighted by Crippen LogP contribution is -2.28. The van der Waals surface area contributed by atoms with Crippen molar-refractivity contribution in [3.63, 3.8) is 0 Å². The lowest BCUT2D eigenvalue weighted by molar-refractivity contribution is 0.0791. The Hall–Kier alpha value is -2.10. The van der Waals surface area contributed by atoms with Gasteiger partial charge < -0.3 is 4.90 Å². The van der Waals surface area contributed by atoms with Crippen LogP contribution in [0.5, 0.6) is 0 Å². The quantitative estimate of drug-likeness (QED) is 0.868. The summed E-state index contributed by atoms with van der Waals surface area (Å²) >= 11 is 0. The second-order valence-corrected chi connectivity index (χ2v) is 5.69. The number of aryl methyl sites for hydroxylation is 1. The topological polar surface area (TPSA) is 38.1 Å². The molecule has 4 nitrogen and oxygen atoms in total. The summed E-state index contributed by atoms with van der Waals surface area (Å²) in [5.41, 5.74) is 3.78. The van der Waals surface area contributed by atoms with Crippen LogP contribution >= 0.6 is 0 Å². The first kappa shape index (κ1) is 13.9. The van der Waals surface area contributed by atoms with Crippen LogP contribution in [0.4, 0.5) is 0 Å². The Morgan fingerprint density at radius 1 is 1.14 bits per heavy atom. The van der Waals surface area contributed by atoms with Crippen LogP contribution in [0.25, 0.3) is 0 Å². The molecular formula is C17H21N3O. The summed E-state index contributed by atoms with van der Waals surface area (Å²) in [6, 6.07) is 10.2. The summed E-state index contributed by atoms with van der Waals surface area (Å²) in [7, 11) is 0. The van der Waals surface area contributed by atoms with Crippen molar-refractivity contribution < 1.29 is 4.79 Å². The Morgan fingerprint density at radius 3 is 2.48 bits per heavy atom. The fourth-order valence-electron chi connectivity index (χ4n) is 3.00. The molecule has 110 valence electrons. The van der Waals surface area contributed by atoms with Crippen molar-refractivity contribution in [3.8, 4) is 0 Å². The van der Waals surface area contributed by atoms with Crippen LogP contribution in [0.2, 0.25) is 0 Å². The van der Waals surface area contributed by atoms with Crippen LogP contribution in [0, 0.1) is 13.8 Å². The van der Waals surface area contributed by atoms with E-state index < -0.39 is 0 Å². The molecule has 2 heterocycles. The molecule has 0 saturated carbocycles. The number of aromatic nitrogens is 2. The summed E-state index contributed by atoms with van der Waals surface area (Å²) in [5.74, 6) is 0.141. The molecule has 0 atom stereocenters. The first-order valence-electron chi connectivity index (χ1n) is 7.54. The number of hydrogen-bond acceptors (Lipinski definition) is 2. The van der Waals surface area contributed by atoms with Crippen LogP contribution in [-0.4, -0.2) is 33.7 Å². The van der Waals surface area contributed by atoms with E-state index in [0.29, 0.717) is 6.54 Å². The molecule has 21 heavy (non-hydrogen) atoms. The van der Waals surface area contributed by atoms with E-state index >= 15 is 0 Å². The average Bonchev–Trinajstić information content (AvgIpc) is 3.09. The maximum absolute atomic E-state index is 12.6. The van der Waals surface area contributed by atoms with Crippen molar-refractivity contribution in [3.05, 3.63) is 52.8 Å². The number of carbonyl (C=O) groups excluding carboxylic acids is 1. The standard InChI is InChI=1S/C17H21N3O/c1-13-16(17(21)19-10-6-7-11-19)14(2)20(18-13)12-15-8-4-3-5-9-15/h3-5,8-9H,6-7,10-12H2,1-2H3. The normalized spacial score (nSPS) is 14.7. The van der Waals surface area contributed by atoms with Crippen LogP contribution < -0.4 is 0 Å². The summed E-state index contributed by atoms with van der Waals surface area (Å²) in [6.45, 7) is 6.38. The third-order valence-electron chi connectivity index (χ3n) is 4.16. The minimum atomic E-state index is 0.141. The van der Waals surface area contributed by atoms with Gasteiger partial charge in [0.2, 0.25) is 0 Å². The van der Waals surface area contributed by atoms with Crippen LogP contribution in [-0.2, 0) is 6.54 Å². The molecule has 2 aromatic rings. The van der Waals surface area contributed by atoms with Gasteiger partial charge in [-0.15, -0.1) is 0 Å². The molecular weight excluding hydrogens is 262 g/mol. The lowest BCUT2D eigenvalue weighted by atomic mass is 10.1. The van der Waals surface area contributed by atoms with E-state index in [1.54, 1.807) is 0 Å². The van der Waals surface area contributed by atoms with Gasteiger partial charge in [0.1, 0.15) is 0 Å². The van der Waals surface area contributed by atoms with E-state index in [4.69, 9.17) is 0 Å². The van der Waals surface area contributed by atoms with Crippen LogP contribution in [0.1, 0.15) is 40.2 Å². The molecule has 3 rings (SSSR count). The van der Waals surface area contributed by atoms with Gasteiger partial charge in [0.05, 0.1) is 17.8 Å². The Bertz CT molecular complexity index is 640. The third-order valence-corrected chi connectivity index (χ3v) is 4.16. The summed E-state index contributed by atoms with van der Waals surface area (Å²) in [4.78, 5) is 14.6. The Morgan fingerprint density at radius 2 is 1.81 bits per heavy atom. The highest BCUT2D eigenvalue weighted by Crippen LogP contribution is 2.19. The number of hydrogen-bond donors (Lipinski definition) is 0. The molecule has 1 aromatic heterocycles. The van der Waals surface area contributed by atoms with Crippen molar-refractivity contribution in [2.75, 3.05) is 13.1 Å². The molecule has 1 saturated heterocycles. The lowest BCUT2D eigenvalue weighted by Gasteiger charge is -2.15. The van der Waals surface area contributed by atoms with Gasteiger partial charge in [-0.2, -0.15) is 5.10 Å². The minimum Gasteiger partial charge on any atom is -0.339 e. The smallest absolute Gasteiger partial charge is 0.257 e. The molecule has 0 radical (unpaired) electrons. The van der Waals surface area contributed by atoms with Crippen molar-refractivity contribution in [2.24, 2.45) is 0 Å². The summed E-state index contributed by atoms with van der Waals surface area (Å²) in [6.07, 6.45) is 2.23. The predicted octanol–water partition coefficient (Wildman–Crippen LogP) is 2.78. The van der Waals surface area contributed by atoms with Crippen LogP contribution in [0.15, 0.2) is 30.3 Å². The molecule has 1 aliphatic rings. The van der Waals surface area contributed by atoms with Gasteiger partial charge in [0, 0.05) is 18.8 Å². The van der Waals surface area contributed by atoms with Crippen molar-refractivity contribution in [1.29, 1.82) is 0 Å². The average molecular weight is 283 g/mol. The zero-order chi connectivity index (χ0) is 14.8. The Balaban J connectivity index is 1.87. The number of nitrogens with zero attached hydrogens (tertiary/aromatic N) is 3. The number of benzene rings is 1. The van der Waals surface area contributed by atoms with E-state index in [1.807, 2.05) is 41.6 Å². The van der Waals surface area contributed by atoms with Gasteiger partial charge in [-0.25, -0.2) is 0 Å². The molecule has 1 fully saturated rings. The van der Waals surface area contributed by atoms with Crippen molar-refractivity contribution in [2.45, 2.75) is 33.2 Å². The Labute approximate surface area is 125 Å². The van der Waals surface area contributed by atoms with Crippen LogP contribution in [0.3, 0.4) is 0 Å². The maximum atomic E-state index is 12.6. The van der Waals surface area contributed by atoms with E-state index in [9.17, 15) is 4.79 Å². The first-order chi connectivity index (χ1) is 10.2. The molecule has 1 amide bonds. The van der Waals surface area contributed by atoms with Gasteiger partial charge in [-0.05, 0) is 32.3 Å². The molecule has 1 aliphatic heterocycles. The van der Waals surface area contributed by atoms with Crippen molar-refractivity contribution in [1.82, 2.24) is 14.7 Å². The second-order valence-electron chi connectivity index (χ2n) is 5.69. The zero-order valence-electron chi connectivity index (χ0n) is 12.7. The Kier molecular flexibility index (Phi) is 3.78. The third kappa shape index (κ3) is 2.71. The number of carbonyl (C=O) groups is 1. The number of amides is 1. The maximum Gasteiger partial charge on any atom is 0.257 e. The van der Waals surface area contributed by atoms with Gasteiger partial charge >= 0.3 is 0 Å². The molecule has 0 N–H and O–H groups in total. The fraction of sp³-hybridized carbons (Fsp3) is 0.412. The molecule has 0 bridgehead atoms. The monoisotopic (exact) mass is 283 g/mol. The minimum absolute atomic E-state index is 0.141. The van der Waals surface area contributed by atoms with Gasteiger partial charge in [-0.3, -0.25) is 9.48 Å². The molecule has 0 spiro atoms. The number of rotatable bonds is 3. The van der Waals surface area contributed by atoms with Crippen molar-refractivity contribution >= 4 is 5.91 Å². The summed E-state index contributed by atoms with van der Waals surface area (Å²) < 4.78 is 1.94. The molecule has 1 aromatic carbocycles. The van der Waals surface area contributed by atoms with E-state index in [0.717, 1.165) is 42.9 Å². The number of likely N-dealkylation sites (tertiary alicyclic amines) is 1. The SMILES string of the molecule is Cc1nn(Cc2ccccc2)c(C)c1C(=O)N1CCCC1. The van der Waals surface area contributed by atoms with Gasteiger partial charge in [0.15, 0.2) is 0 Å². The molecule has 0 unspecified atom stereocenters.